The standard InChI is InChI=1S/C13H17N3O2.ClH/c14-10-1-2-12(15)11(9-10)13(17)3-4-16-5-7-18-8-6-16;/h1-4,9H,5-8,14-15H2;1H. The van der Waals surface area contributed by atoms with E-state index in [0.29, 0.717) is 30.2 Å². The molecule has 1 aliphatic heterocycles. The van der Waals surface area contributed by atoms with Gasteiger partial charge in [-0.2, -0.15) is 0 Å². The fourth-order valence-corrected chi connectivity index (χ4v) is 1.78. The highest BCUT2D eigenvalue weighted by molar-refractivity contribution is 6.08. The molecule has 0 radical (unpaired) electrons. The molecule has 5 nitrogen and oxygen atoms in total. The lowest BCUT2D eigenvalue weighted by atomic mass is 10.1. The van der Waals surface area contributed by atoms with E-state index in [1.165, 1.54) is 6.08 Å². The van der Waals surface area contributed by atoms with E-state index < -0.39 is 0 Å². The van der Waals surface area contributed by atoms with Crippen LogP contribution in [0.2, 0.25) is 0 Å². The molecule has 0 amide bonds. The Morgan fingerprint density at radius 2 is 1.95 bits per heavy atom. The summed E-state index contributed by atoms with van der Waals surface area (Å²) in [5.41, 5.74) is 12.8. The van der Waals surface area contributed by atoms with Gasteiger partial charge < -0.3 is 21.1 Å². The van der Waals surface area contributed by atoms with E-state index in [9.17, 15) is 4.79 Å². The van der Waals surface area contributed by atoms with E-state index in [-0.39, 0.29) is 18.2 Å². The largest absolute Gasteiger partial charge is 0.399 e. The summed E-state index contributed by atoms with van der Waals surface area (Å²) in [6.45, 7) is 2.99. The number of halogens is 1. The van der Waals surface area contributed by atoms with E-state index in [1.807, 2.05) is 4.90 Å². The van der Waals surface area contributed by atoms with Crippen molar-refractivity contribution in [3.8, 4) is 0 Å². The van der Waals surface area contributed by atoms with Crippen LogP contribution in [0.3, 0.4) is 0 Å². The van der Waals surface area contributed by atoms with Crippen molar-refractivity contribution < 1.29 is 9.53 Å². The second kappa shape index (κ2) is 7.01. The summed E-state index contributed by atoms with van der Waals surface area (Å²) in [5, 5.41) is 0. The van der Waals surface area contributed by atoms with Crippen LogP contribution in [-0.4, -0.2) is 37.0 Å². The van der Waals surface area contributed by atoms with Gasteiger partial charge in [0.15, 0.2) is 5.78 Å². The van der Waals surface area contributed by atoms with E-state index in [1.54, 1.807) is 24.4 Å². The Labute approximate surface area is 118 Å². The Kier molecular flexibility index (Phi) is 5.66. The third-order valence-corrected chi connectivity index (χ3v) is 2.83. The van der Waals surface area contributed by atoms with Gasteiger partial charge in [0.25, 0.3) is 0 Å². The first-order valence-electron chi connectivity index (χ1n) is 5.86. The minimum atomic E-state index is -0.133. The third kappa shape index (κ3) is 4.15. The van der Waals surface area contributed by atoms with Crippen LogP contribution in [0.4, 0.5) is 11.4 Å². The maximum absolute atomic E-state index is 12.0. The molecule has 1 aliphatic rings. The number of nitrogens with zero attached hydrogens (tertiary/aromatic N) is 1. The fourth-order valence-electron chi connectivity index (χ4n) is 1.78. The van der Waals surface area contributed by atoms with Crippen LogP contribution >= 0.6 is 12.4 Å². The van der Waals surface area contributed by atoms with E-state index >= 15 is 0 Å². The van der Waals surface area contributed by atoms with Crippen LogP contribution in [0.5, 0.6) is 0 Å². The van der Waals surface area contributed by atoms with Crippen molar-refractivity contribution in [1.82, 2.24) is 4.90 Å². The molecule has 19 heavy (non-hydrogen) atoms. The van der Waals surface area contributed by atoms with Gasteiger partial charge in [-0.05, 0) is 18.2 Å². The lowest BCUT2D eigenvalue weighted by Crippen LogP contribution is -2.32. The molecule has 2 rings (SSSR count). The number of morpholine rings is 1. The highest BCUT2D eigenvalue weighted by Gasteiger charge is 2.09. The molecule has 1 saturated heterocycles. The van der Waals surface area contributed by atoms with Gasteiger partial charge in [0, 0.05) is 42.3 Å². The number of ether oxygens (including phenoxy) is 1. The number of ketones is 1. The third-order valence-electron chi connectivity index (χ3n) is 2.83. The van der Waals surface area contributed by atoms with Gasteiger partial charge >= 0.3 is 0 Å². The van der Waals surface area contributed by atoms with Crippen LogP contribution in [-0.2, 0) is 4.74 Å². The molecule has 104 valence electrons. The smallest absolute Gasteiger partial charge is 0.189 e. The SMILES string of the molecule is Cl.Nc1ccc(N)c(C(=O)C=CN2CCOCC2)c1. The summed E-state index contributed by atoms with van der Waals surface area (Å²) < 4.78 is 5.23. The second-order valence-corrected chi connectivity index (χ2v) is 4.18. The van der Waals surface area contributed by atoms with Crippen LogP contribution in [0.1, 0.15) is 10.4 Å². The number of allylic oxidation sites excluding steroid dienone is 1. The zero-order valence-electron chi connectivity index (χ0n) is 10.5. The Hall–Kier alpha value is -1.72. The molecule has 6 heteroatoms. The highest BCUT2D eigenvalue weighted by Crippen LogP contribution is 2.16. The minimum Gasteiger partial charge on any atom is -0.399 e. The van der Waals surface area contributed by atoms with Crippen molar-refractivity contribution in [2.24, 2.45) is 0 Å². The van der Waals surface area contributed by atoms with Gasteiger partial charge in [-0.25, -0.2) is 0 Å². The molecule has 1 aromatic rings. The van der Waals surface area contributed by atoms with Crippen molar-refractivity contribution in [2.75, 3.05) is 37.8 Å². The lowest BCUT2D eigenvalue weighted by Gasteiger charge is -2.24. The predicted molar refractivity (Wildman–Crippen MR) is 78.4 cm³/mol. The lowest BCUT2D eigenvalue weighted by molar-refractivity contribution is 0.0591. The van der Waals surface area contributed by atoms with Crippen LogP contribution in [0, 0.1) is 0 Å². The Bertz CT molecular complexity index is 471. The van der Waals surface area contributed by atoms with Crippen molar-refractivity contribution in [3.63, 3.8) is 0 Å². The molecule has 1 fully saturated rings. The maximum atomic E-state index is 12.0. The number of hydrogen-bond acceptors (Lipinski definition) is 5. The Morgan fingerprint density at radius 3 is 2.63 bits per heavy atom. The molecule has 0 aromatic heterocycles. The van der Waals surface area contributed by atoms with E-state index in [4.69, 9.17) is 16.2 Å². The number of carbonyl (C=O) groups is 1. The fraction of sp³-hybridized carbons (Fsp3) is 0.308. The monoisotopic (exact) mass is 283 g/mol. The predicted octanol–water partition coefficient (Wildman–Crippen LogP) is 1.30. The molecular weight excluding hydrogens is 266 g/mol. The topological polar surface area (TPSA) is 81.6 Å². The summed E-state index contributed by atoms with van der Waals surface area (Å²) in [4.78, 5) is 14.0. The van der Waals surface area contributed by atoms with E-state index in [0.717, 1.165) is 13.1 Å². The zero-order chi connectivity index (χ0) is 13.0. The van der Waals surface area contributed by atoms with Crippen molar-refractivity contribution in [3.05, 3.63) is 36.0 Å². The van der Waals surface area contributed by atoms with Crippen LogP contribution in [0.25, 0.3) is 0 Å². The van der Waals surface area contributed by atoms with Crippen LogP contribution in [0.15, 0.2) is 30.5 Å². The molecule has 4 N–H and O–H groups in total. The van der Waals surface area contributed by atoms with Crippen molar-refractivity contribution >= 4 is 29.6 Å². The first-order valence-corrected chi connectivity index (χ1v) is 5.86. The first kappa shape index (κ1) is 15.3. The molecule has 1 heterocycles. The number of hydrogen-bond donors (Lipinski definition) is 2. The average Bonchev–Trinajstić information content (AvgIpc) is 2.40. The number of nitrogen functional groups attached to an aromatic ring is 2. The number of anilines is 2. The van der Waals surface area contributed by atoms with Crippen LogP contribution < -0.4 is 11.5 Å². The Morgan fingerprint density at radius 1 is 1.26 bits per heavy atom. The number of nitrogens with two attached hydrogens (primary N) is 2. The number of benzene rings is 1. The van der Waals surface area contributed by atoms with E-state index in [2.05, 4.69) is 0 Å². The van der Waals surface area contributed by atoms with Gasteiger partial charge in [-0.15, -0.1) is 12.4 Å². The summed E-state index contributed by atoms with van der Waals surface area (Å²) in [5.74, 6) is -0.133. The van der Waals surface area contributed by atoms with Crippen molar-refractivity contribution in [2.45, 2.75) is 0 Å². The Balaban J connectivity index is 0.00000180. The average molecular weight is 284 g/mol. The maximum Gasteiger partial charge on any atom is 0.189 e. The molecule has 0 aliphatic carbocycles. The molecular formula is C13H18ClN3O2. The van der Waals surface area contributed by atoms with Gasteiger partial charge in [-0.1, -0.05) is 0 Å². The summed E-state index contributed by atoms with van der Waals surface area (Å²) >= 11 is 0. The van der Waals surface area contributed by atoms with Gasteiger partial charge in [0.05, 0.1) is 13.2 Å². The van der Waals surface area contributed by atoms with Crippen molar-refractivity contribution in [1.29, 1.82) is 0 Å². The second-order valence-electron chi connectivity index (χ2n) is 4.18. The van der Waals surface area contributed by atoms with Gasteiger partial charge in [0.2, 0.25) is 0 Å². The summed E-state index contributed by atoms with van der Waals surface area (Å²) in [6, 6.07) is 4.92. The van der Waals surface area contributed by atoms with Gasteiger partial charge in [0.1, 0.15) is 0 Å². The summed E-state index contributed by atoms with van der Waals surface area (Å²) in [7, 11) is 0. The van der Waals surface area contributed by atoms with Gasteiger partial charge in [-0.3, -0.25) is 4.79 Å². The normalized spacial score (nSPS) is 15.3. The highest BCUT2D eigenvalue weighted by atomic mass is 35.5. The minimum absolute atomic E-state index is 0. The molecule has 0 unspecified atom stereocenters. The zero-order valence-corrected chi connectivity index (χ0v) is 11.4. The number of carbonyl (C=O) groups excluding carboxylic acids is 1. The molecule has 0 bridgehead atoms. The number of rotatable bonds is 3. The molecule has 1 aromatic carbocycles. The molecule has 0 spiro atoms. The molecule has 0 saturated carbocycles. The molecule has 0 atom stereocenters. The first-order chi connectivity index (χ1) is 8.66. The quantitative estimate of drug-likeness (QED) is 0.496. The summed E-state index contributed by atoms with van der Waals surface area (Å²) in [6.07, 6.45) is 3.31.